The minimum Gasteiger partial charge on any atom is -0.394 e. The maximum absolute atomic E-state index is 13.9. The van der Waals surface area contributed by atoms with E-state index in [0.717, 1.165) is 22.4 Å². The number of rotatable bonds is 5. The fraction of sp³-hybridized carbons (Fsp3) is 0.357. The highest BCUT2D eigenvalue weighted by atomic mass is 19.2. The van der Waals surface area contributed by atoms with Crippen LogP contribution in [0.1, 0.15) is 40.0 Å². The normalized spacial score (nSPS) is 27.6. The number of hydrogen-bond acceptors (Lipinski definition) is 9. The second kappa shape index (κ2) is 10.4. The summed E-state index contributed by atoms with van der Waals surface area (Å²) in [6.45, 7) is 1.29. The Balaban J connectivity index is 1.40. The number of ether oxygens (including phenoxy) is 2. The van der Waals surface area contributed by atoms with Gasteiger partial charge in [0.1, 0.15) is 30.0 Å². The molecule has 0 radical (unpaired) electrons. The van der Waals surface area contributed by atoms with Gasteiger partial charge < -0.3 is 30.5 Å². The van der Waals surface area contributed by atoms with E-state index in [4.69, 9.17) is 20.2 Å². The van der Waals surface area contributed by atoms with Crippen LogP contribution in [0, 0.1) is 24.4 Å². The topological polar surface area (TPSA) is 166 Å². The van der Waals surface area contributed by atoms with E-state index in [1.165, 1.54) is 6.20 Å². The molecule has 42 heavy (non-hydrogen) atoms. The van der Waals surface area contributed by atoms with Crippen molar-refractivity contribution in [3.8, 4) is 11.3 Å². The molecule has 1 spiro atoms. The molecule has 2 aromatic carbocycles. The van der Waals surface area contributed by atoms with Crippen molar-refractivity contribution in [3.63, 3.8) is 0 Å². The van der Waals surface area contributed by atoms with Gasteiger partial charge in [-0.15, -0.1) is 5.10 Å². The predicted molar refractivity (Wildman–Crippen MR) is 139 cm³/mol. The van der Waals surface area contributed by atoms with Crippen LogP contribution in [0.4, 0.5) is 13.2 Å². The molecule has 6 rings (SSSR count). The Kier molecular flexibility index (Phi) is 6.98. The van der Waals surface area contributed by atoms with Crippen molar-refractivity contribution in [2.24, 2.45) is 5.73 Å². The summed E-state index contributed by atoms with van der Waals surface area (Å²) < 4.78 is 54.4. The van der Waals surface area contributed by atoms with Crippen LogP contribution >= 0.6 is 0 Å². The highest BCUT2D eigenvalue weighted by Gasteiger charge is 2.62. The molecule has 6 atom stereocenters. The third kappa shape index (κ3) is 4.42. The number of amides is 1. The van der Waals surface area contributed by atoms with Crippen LogP contribution in [0.25, 0.3) is 22.2 Å². The quantitative estimate of drug-likeness (QED) is 0.256. The number of aliphatic hydroxyl groups excluding tert-OH is 3. The third-order valence-electron chi connectivity index (χ3n) is 7.89. The second-order valence-electron chi connectivity index (χ2n) is 10.5. The van der Waals surface area contributed by atoms with Crippen molar-refractivity contribution in [1.29, 1.82) is 0 Å². The number of fused-ring (bicyclic) bond motifs is 1. The first kappa shape index (κ1) is 28.2. The highest BCUT2D eigenvalue weighted by molar-refractivity contribution is 6.05. The van der Waals surface area contributed by atoms with E-state index in [1.54, 1.807) is 31.2 Å². The van der Waals surface area contributed by atoms with E-state index in [9.17, 15) is 33.3 Å². The van der Waals surface area contributed by atoms with E-state index in [-0.39, 0.29) is 17.9 Å². The number of benzene rings is 2. The molecule has 0 saturated carbocycles. The lowest BCUT2D eigenvalue weighted by Gasteiger charge is -2.49. The number of nitrogens with two attached hydrogens (primary N) is 1. The molecule has 4 heterocycles. The minimum absolute atomic E-state index is 0.0611. The number of carbonyl (C=O) groups is 1. The van der Waals surface area contributed by atoms with Gasteiger partial charge in [0.2, 0.25) is 11.7 Å². The molecule has 2 aromatic heterocycles. The lowest BCUT2D eigenvalue weighted by atomic mass is 9.81. The Labute approximate surface area is 236 Å². The summed E-state index contributed by atoms with van der Waals surface area (Å²) >= 11 is 0. The van der Waals surface area contributed by atoms with Gasteiger partial charge in [-0.3, -0.25) is 9.78 Å². The fourth-order valence-electron chi connectivity index (χ4n) is 5.91. The van der Waals surface area contributed by atoms with E-state index >= 15 is 0 Å². The second-order valence-corrected chi connectivity index (χ2v) is 10.5. The van der Waals surface area contributed by atoms with E-state index < -0.39 is 66.0 Å². The first-order valence-electron chi connectivity index (χ1n) is 13.1. The molecule has 0 unspecified atom stereocenters. The standard InChI is InChI=1S/C28H26F3N5O6/c1-12-6-15(27(32)40)14-2-3-19(33-20(14)7-12)16-4-5-41-28(16)26(39)24(25(38)22(11-37)42-28)36-10-21(34-35-36)13-8-17(29)23(31)18(30)9-13/h2-3,6-10,16,22,24-26,37-39H,4-5,11H2,1H3,(H2,32,40)/t16-,22-,24+,25+,26-,28+/m1/s1. The van der Waals surface area contributed by atoms with E-state index in [1.807, 2.05) is 0 Å². The molecular weight excluding hydrogens is 559 g/mol. The number of hydrogen-bond donors (Lipinski definition) is 4. The fourth-order valence-corrected chi connectivity index (χ4v) is 5.91. The van der Waals surface area contributed by atoms with Crippen LogP contribution in [-0.4, -0.2) is 78.5 Å². The molecule has 1 amide bonds. The number of aromatic nitrogens is 4. The summed E-state index contributed by atoms with van der Waals surface area (Å²) in [5, 5.41) is 41.3. The van der Waals surface area contributed by atoms with Crippen LogP contribution in [0.15, 0.2) is 42.6 Å². The molecule has 0 aliphatic carbocycles. The number of primary amides is 1. The zero-order valence-electron chi connectivity index (χ0n) is 22.1. The van der Waals surface area contributed by atoms with Crippen LogP contribution in [0.3, 0.4) is 0 Å². The SMILES string of the molecule is Cc1cc(C(N)=O)c2ccc([C@H]3CCO[C@]34O[C@H](CO)[C@H](O)[C@H](n3cc(-c5cc(F)c(F)c(F)c5)nn3)[C@H]4O)nc2c1. The monoisotopic (exact) mass is 585 g/mol. The maximum atomic E-state index is 13.9. The van der Waals surface area contributed by atoms with E-state index in [0.29, 0.717) is 28.6 Å². The molecule has 2 aliphatic heterocycles. The summed E-state index contributed by atoms with van der Waals surface area (Å²) in [4.78, 5) is 16.8. The molecule has 0 bridgehead atoms. The zero-order chi connectivity index (χ0) is 29.9. The van der Waals surface area contributed by atoms with Gasteiger partial charge in [-0.1, -0.05) is 11.3 Å². The Morgan fingerprint density at radius 1 is 1.17 bits per heavy atom. The minimum atomic E-state index is -1.80. The molecular formula is C28H26F3N5O6. The number of aryl methyl sites for hydroxylation is 1. The average molecular weight is 586 g/mol. The molecule has 4 aromatic rings. The van der Waals surface area contributed by atoms with Gasteiger partial charge in [-0.05, 0) is 49.2 Å². The van der Waals surface area contributed by atoms with Gasteiger partial charge >= 0.3 is 0 Å². The first-order valence-corrected chi connectivity index (χ1v) is 13.1. The molecule has 2 fully saturated rings. The Morgan fingerprint density at radius 2 is 1.90 bits per heavy atom. The Hall–Kier alpha value is -3.95. The van der Waals surface area contributed by atoms with Gasteiger partial charge in [0, 0.05) is 22.2 Å². The third-order valence-corrected chi connectivity index (χ3v) is 7.89. The van der Waals surface area contributed by atoms with Crippen molar-refractivity contribution >= 4 is 16.8 Å². The van der Waals surface area contributed by atoms with Crippen molar-refractivity contribution < 1.29 is 42.8 Å². The summed E-state index contributed by atoms with van der Waals surface area (Å²) in [6, 6.07) is 7.01. The summed E-state index contributed by atoms with van der Waals surface area (Å²) in [7, 11) is 0. The van der Waals surface area contributed by atoms with Crippen LogP contribution in [0.5, 0.6) is 0 Å². The Morgan fingerprint density at radius 3 is 2.60 bits per heavy atom. The zero-order valence-corrected chi connectivity index (χ0v) is 22.1. The molecule has 14 heteroatoms. The van der Waals surface area contributed by atoms with Gasteiger partial charge in [0.15, 0.2) is 17.5 Å². The van der Waals surface area contributed by atoms with Crippen molar-refractivity contribution in [2.45, 2.75) is 49.4 Å². The largest absolute Gasteiger partial charge is 0.394 e. The van der Waals surface area contributed by atoms with Gasteiger partial charge in [-0.2, -0.15) is 0 Å². The average Bonchev–Trinajstić information content (AvgIpc) is 3.61. The van der Waals surface area contributed by atoms with Crippen LogP contribution in [-0.2, 0) is 9.47 Å². The Bertz CT molecular complexity index is 1680. The predicted octanol–water partition coefficient (Wildman–Crippen LogP) is 1.87. The molecule has 2 aliphatic rings. The maximum Gasteiger partial charge on any atom is 0.249 e. The first-order chi connectivity index (χ1) is 20.0. The molecule has 2 saturated heterocycles. The number of pyridine rings is 1. The van der Waals surface area contributed by atoms with Gasteiger partial charge in [-0.25, -0.2) is 17.9 Å². The number of aliphatic hydroxyl groups is 3. The molecule has 5 N–H and O–H groups in total. The molecule has 11 nitrogen and oxygen atoms in total. The van der Waals surface area contributed by atoms with Crippen LogP contribution in [0.2, 0.25) is 0 Å². The smallest absolute Gasteiger partial charge is 0.249 e. The summed E-state index contributed by atoms with van der Waals surface area (Å²) in [5.74, 6) is -7.58. The lowest BCUT2D eigenvalue weighted by molar-refractivity contribution is -0.344. The molecule has 220 valence electrons. The van der Waals surface area contributed by atoms with Crippen molar-refractivity contribution in [3.05, 3.63) is 76.9 Å². The number of halogens is 3. The van der Waals surface area contributed by atoms with Gasteiger partial charge in [0.25, 0.3) is 0 Å². The van der Waals surface area contributed by atoms with Crippen molar-refractivity contribution in [1.82, 2.24) is 20.0 Å². The number of carbonyl (C=O) groups excluding carboxylic acids is 1. The summed E-state index contributed by atoms with van der Waals surface area (Å²) in [6.07, 6.45) is -2.78. The number of nitrogens with zero attached hydrogens (tertiary/aromatic N) is 4. The van der Waals surface area contributed by atoms with E-state index in [2.05, 4.69) is 10.3 Å². The lowest BCUT2D eigenvalue weighted by Crippen LogP contribution is -2.64. The van der Waals surface area contributed by atoms with Gasteiger partial charge in [0.05, 0.1) is 30.8 Å². The highest BCUT2D eigenvalue weighted by Crippen LogP contribution is 2.50. The summed E-state index contributed by atoms with van der Waals surface area (Å²) in [5.41, 5.74) is 7.40. The van der Waals surface area contributed by atoms with Crippen molar-refractivity contribution in [2.75, 3.05) is 13.2 Å². The van der Waals surface area contributed by atoms with Crippen LogP contribution < -0.4 is 5.73 Å².